The van der Waals surface area contributed by atoms with Gasteiger partial charge in [0.05, 0.1) is 44.4 Å². The van der Waals surface area contributed by atoms with Crippen molar-refractivity contribution >= 4 is 17.5 Å². The number of aliphatic hydroxyl groups is 1. The zero-order chi connectivity index (χ0) is 21.3. The molecule has 0 unspecified atom stereocenters. The number of nitrogens with one attached hydrogen (secondary N) is 1. The summed E-state index contributed by atoms with van der Waals surface area (Å²) < 4.78 is 17.8. The minimum Gasteiger partial charge on any atom is -0.490 e. The van der Waals surface area contributed by atoms with Gasteiger partial charge in [-0.3, -0.25) is 9.59 Å². The Morgan fingerprint density at radius 1 is 1.30 bits per heavy atom. The highest BCUT2D eigenvalue weighted by atomic mass is 16.5. The molecule has 2 N–H and O–H groups in total. The minimum absolute atomic E-state index is 0.0411. The van der Waals surface area contributed by atoms with Gasteiger partial charge in [0.2, 0.25) is 11.8 Å². The van der Waals surface area contributed by atoms with E-state index in [1.54, 1.807) is 14.1 Å². The molecule has 8 nitrogen and oxygen atoms in total. The third-order valence-corrected chi connectivity index (χ3v) is 6.24. The van der Waals surface area contributed by atoms with Crippen molar-refractivity contribution in [2.75, 3.05) is 39.2 Å². The van der Waals surface area contributed by atoms with Gasteiger partial charge in [-0.05, 0) is 24.6 Å². The molecule has 1 aromatic rings. The average molecular weight is 418 g/mol. The van der Waals surface area contributed by atoms with E-state index in [1.165, 1.54) is 4.90 Å². The van der Waals surface area contributed by atoms with E-state index < -0.39 is 12.0 Å². The monoisotopic (exact) mass is 418 g/mol. The smallest absolute Gasteiger partial charge is 0.230 e. The fourth-order valence-electron chi connectivity index (χ4n) is 4.64. The molecule has 4 atom stereocenters. The van der Waals surface area contributed by atoms with Crippen LogP contribution in [-0.4, -0.2) is 74.0 Å². The van der Waals surface area contributed by atoms with Crippen molar-refractivity contribution in [1.82, 2.24) is 4.90 Å². The summed E-state index contributed by atoms with van der Waals surface area (Å²) in [5, 5.41) is 12.9. The van der Waals surface area contributed by atoms with Gasteiger partial charge in [-0.1, -0.05) is 0 Å². The number of benzene rings is 1. The van der Waals surface area contributed by atoms with Gasteiger partial charge in [0.25, 0.3) is 0 Å². The number of amides is 2. The lowest BCUT2D eigenvalue weighted by Crippen LogP contribution is -2.48. The predicted molar refractivity (Wildman–Crippen MR) is 109 cm³/mol. The van der Waals surface area contributed by atoms with Crippen molar-refractivity contribution in [3.63, 3.8) is 0 Å². The number of aliphatic hydroxyl groups excluding tert-OH is 1. The average Bonchev–Trinajstić information content (AvgIpc) is 2.85. The van der Waals surface area contributed by atoms with Crippen LogP contribution in [0.4, 0.5) is 5.69 Å². The van der Waals surface area contributed by atoms with Crippen molar-refractivity contribution in [2.45, 2.75) is 49.9 Å². The molecule has 2 amide bonds. The lowest BCUT2D eigenvalue weighted by atomic mass is 9.76. The van der Waals surface area contributed by atoms with Crippen LogP contribution in [0.2, 0.25) is 0 Å². The first kappa shape index (κ1) is 21.1. The minimum atomic E-state index is -0.672. The third-order valence-electron chi connectivity index (χ3n) is 6.24. The van der Waals surface area contributed by atoms with Crippen molar-refractivity contribution in [3.8, 4) is 5.75 Å². The van der Waals surface area contributed by atoms with E-state index in [0.717, 1.165) is 24.2 Å². The Morgan fingerprint density at radius 2 is 2.07 bits per heavy atom. The molecule has 8 heteroatoms. The van der Waals surface area contributed by atoms with Crippen molar-refractivity contribution in [3.05, 3.63) is 23.8 Å². The Hall–Kier alpha value is -2.16. The van der Waals surface area contributed by atoms with Gasteiger partial charge in [-0.2, -0.15) is 0 Å². The van der Waals surface area contributed by atoms with Crippen LogP contribution < -0.4 is 10.1 Å². The summed E-state index contributed by atoms with van der Waals surface area (Å²) in [6.45, 7) is 1.08. The highest BCUT2D eigenvalue weighted by molar-refractivity contribution is 5.95. The van der Waals surface area contributed by atoms with E-state index in [-0.39, 0.29) is 43.0 Å². The summed E-state index contributed by atoms with van der Waals surface area (Å²) in [6, 6.07) is 5.71. The number of rotatable bonds is 5. The number of anilines is 1. The largest absolute Gasteiger partial charge is 0.490 e. The fraction of sp³-hybridized carbons (Fsp3) is 0.636. The molecular formula is C22H30N2O6. The van der Waals surface area contributed by atoms with Gasteiger partial charge in [0.15, 0.2) is 0 Å². The van der Waals surface area contributed by atoms with Gasteiger partial charge < -0.3 is 29.5 Å². The van der Waals surface area contributed by atoms with E-state index in [0.29, 0.717) is 25.3 Å². The zero-order valence-electron chi connectivity index (χ0n) is 17.5. The van der Waals surface area contributed by atoms with Crippen LogP contribution in [0.5, 0.6) is 5.75 Å². The quantitative estimate of drug-likeness (QED) is 0.753. The van der Waals surface area contributed by atoms with Crippen LogP contribution in [0.15, 0.2) is 18.2 Å². The Bertz CT molecular complexity index is 792. The third kappa shape index (κ3) is 4.31. The molecule has 0 radical (unpaired) electrons. The predicted octanol–water partition coefficient (Wildman–Crippen LogP) is 1.52. The van der Waals surface area contributed by atoms with Gasteiger partial charge in [0, 0.05) is 44.1 Å². The van der Waals surface area contributed by atoms with Gasteiger partial charge in [-0.15, -0.1) is 0 Å². The number of fused-ring (bicyclic) bond motifs is 4. The van der Waals surface area contributed by atoms with Crippen molar-refractivity contribution < 1.29 is 28.9 Å². The molecule has 2 bridgehead atoms. The van der Waals surface area contributed by atoms with Crippen molar-refractivity contribution in [2.24, 2.45) is 5.92 Å². The topological polar surface area (TPSA) is 97.3 Å². The summed E-state index contributed by atoms with van der Waals surface area (Å²) in [6.07, 6.45) is 1.42. The number of carbonyl (C=O) groups is 2. The Balaban J connectivity index is 1.64. The Kier molecular flexibility index (Phi) is 6.26. The molecular weight excluding hydrogens is 388 g/mol. The maximum atomic E-state index is 13.0. The summed E-state index contributed by atoms with van der Waals surface area (Å²) in [5.74, 6) is -0.200. The molecule has 2 fully saturated rings. The summed E-state index contributed by atoms with van der Waals surface area (Å²) >= 11 is 0. The maximum absolute atomic E-state index is 13.0. The molecule has 3 aliphatic heterocycles. The standard InChI is InChI=1S/C22H30N2O6/c1-24(2)20(26)11-15-10-17-16-9-13(23-22(27)21(17)19(12-25)30-15)3-4-18(16)29-14-5-7-28-8-6-14/h3-4,9,14-15,17,19,21,25H,5-8,10-12H2,1-2H3,(H,23,27)/t15-,17-,19+,21+/m1/s1. The van der Waals surface area contributed by atoms with E-state index >= 15 is 0 Å². The number of nitrogens with zero attached hydrogens (tertiary/aromatic N) is 1. The molecule has 0 spiro atoms. The highest BCUT2D eigenvalue weighted by Gasteiger charge is 2.46. The highest BCUT2D eigenvalue weighted by Crippen LogP contribution is 2.46. The second kappa shape index (κ2) is 8.91. The van der Waals surface area contributed by atoms with E-state index in [1.807, 2.05) is 18.2 Å². The van der Waals surface area contributed by atoms with Crippen molar-refractivity contribution in [1.29, 1.82) is 0 Å². The second-order valence-corrected chi connectivity index (χ2v) is 8.51. The first-order valence-corrected chi connectivity index (χ1v) is 10.6. The number of hydrogen-bond acceptors (Lipinski definition) is 6. The molecule has 164 valence electrons. The van der Waals surface area contributed by atoms with Crippen LogP contribution in [0.25, 0.3) is 0 Å². The fourth-order valence-corrected chi connectivity index (χ4v) is 4.64. The summed E-state index contributed by atoms with van der Waals surface area (Å²) in [7, 11) is 3.42. The lowest BCUT2D eigenvalue weighted by Gasteiger charge is -2.40. The zero-order valence-corrected chi connectivity index (χ0v) is 17.5. The van der Waals surface area contributed by atoms with E-state index in [2.05, 4.69) is 5.32 Å². The molecule has 4 rings (SSSR count). The van der Waals surface area contributed by atoms with Crippen LogP contribution in [0.1, 0.15) is 37.2 Å². The SMILES string of the molecule is CN(C)C(=O)C[C@H]1C[C@@H]2c3cc(ccc3OC3CCOCC3)NC(=O)[C@@H]2[C@H](CO)O1. The molecule has 30 heavy (non-hydrogen) atoms. The first-order valence-electron chi connectivity index (χ1n) is 10.6. The normalized spacial score (nSPS) is 28.8. The maximum Gasteiger partial charge on any atom is 0.230 e. The second-order valence-electron chi connectivity index (χ2n) is 8.51. The van der Waals surface area contributed by atoms with E-state index in [4.69, 9.17) is 14.2 Å². The van der Waals surface area contributed by atoms with Gasteiger partial charge >= 0.3 is 0 Å². The van der Waals surface area contributed by atoms with Crippen LogP contribution in [-0.2, 0) is 19.1 Å². The number of hydrogen-bond donors (Lipinski definition) is 2. The molecule has 1 aromatic carbocycles. The van der Waals surface area contributed by atoms with Crippen LogP contribution in [0, 0.1) is 5.92 Å². The Labute approximate surface area is 176 Å². The molecule has 0 saturated carbocycles. The number of ether oxygens (including phenoxy) is 3. The molecule has 3 heterocycles. The van der Waals surface area contributed by atoms with Crippen LogP contribution >= 0.6 is 0 Å². The molecule has 0 aliphatic carbocycles. The molecule has 2 saturated heterocycles. The van der Waals surface area contributed by atoms with Gasteiger partial charge in [0.1, 0.15) is 11.9 Å². The van der Waals surface area contributed by atoms with E-state index in [9.17, 15) is 14.7 Å². The summed E-state index contributed by atoms with van der Waals surface area (Å²) in [4.78, 5) is 26.8. The first-order chi connectivity index (χ1) is 14.5. The number of carbonyl (C=O) groups excluding carboxylic acids is 2. The van der Waals surface area contributed by atoms with Crippen LogP contribution in [0.3, 0.4) is 0 Å². The Morgan fingerprint density at radius 3 is 2.77 bits per heavy atom. The molecule has 3 aliphatic rings. The molecule has 0 aromatic heterocycles. The lowest BCUT2D eigenvalue weighted by molar-refractivity contribution is -0.150. The van der Waals surface area contributed by atoms with Gasteiger partial charge in [-0.25, -0.2) is 0 Å². The summed E-state index contributed by atoms with van der Waals surface area (Å²) in [5.41, 5.74) is 1.65.